The molecule has 31 heavy (non-hydrogen) atoms. The summed E-state index contributed by atoms with van der Waals surface area (Å²) < 4.78 is 5.64. The van der Waals surface area contributed by atoms with E-state index in [-0.39, 0.29) is 24.8 Å². The van der Waals surface area contributed by atoms with Crippen molar-refractivity contribution in [1.29, 1.82) is 0 Å². The van der Waals surface area contributed by atoms with E-state index < -0.39 is 0 Å². The van der Waals surface area contributed by atoms with Gasteiger partial charge in [0.15, 0.2) is 0 Å². The molecule has 0 bridgehead atoms. The van der Waals surface area contributed by atoms with E-state index in [1.165, 1.54) is 17.5 Å². The van der Waals surface area contributed by atoms with Crippen LogP contribution in [0.15, 0.2) is 65.5 Å². The summed E-state index contributed by atoms with van der Waals surface area (Å²) in [6.07, 6.45) is 6.10. The molecular weight excluding hydrogens is 392 g/mol. The first-order valence-electron chi connectivity index (χ1n) is 10.5. The van der Waals surface area contributed by atoms with Gasteiger partial charge in [0.05, 0.1) is 18.4 Å². The Balaban J connectivity index is 1.28. The Morgan fingerprint density at radius 1 is 1.13 bits per heavy atom. The maximum Gasteiger partial charge on any atom is 0.254 e. The van der Waals surface area contributed by atoms with Crippen molar-refractivity contribution in [2.75, 3.05) is 11.4 Å². The fourth-order valence-electron chi connectivity index (χ4n) is 3.87. The summed E-state index contributed by atoms with van der Waals surface area (Å²) in [7, 11) is 0. The first-order chi connectivity index (χ1) is 15.1. The zero-order chi connectivity index (χ0) is 21.6. The number of amides is 2. The number of benzene rings is 1. The largest absolute Gasteiger partial charge is 0.467 e. The highest BCUT2D eigenvalue weighted by Crippen LogP contribution is 2.33. The normalized spacial score (nSPS) is 14.9. The molecule has 1 aromatic carbocycles. The summed E-state index contributed by atoms with van der Waals surface area (Å²) >= 11 is 0. The van der Waals surface area contributed by atoms with E-state index in [1.54, 1.807) is 18.5 Å². The maximum atomic E-state index is 12.7. The fourth-order valence-corrected chi connectivity index (χ4v) is 3.87. The van der Waals surface area contributed by atoms with Gasteiger partial charge in [-0.15, -0.1) is 0 Å². The van der Waals surface area contributed by atoms with Gasteiger partial charge in [-0.05, 0) is 48.7 Å². The van der Waals surface area contributed by atoms with Crippen molar-refractivity contribution >= 4 is 17.5 Å². The molecule has 1 unspecified atom stereocenters. The number of para-hydroxylation sites is 1. The number of carbonyl (C=O) groups is 2. The molecule has 0 aliphatic carbocycles. The molecule has 1 aliphatic heterocycles. The third-order valence-corrected chi connectivity index (χ3v) is 5.53. The number of furan rings is 1. The smallest absolute Gasteiger partial charge is 0.254 e. The number of rotatable bonds is 8. The second kappa shape index (κ2) is 9.47. The number of nitrogens with one attached hydrogen (secondary N) is 2. The van der Waals surface area contributed by atoms with Crippen molar-refractivity contribution in [1.82, 2.24) is 15.6 Å². The molecule has 2 N–H and O–H groups in total. The van der Waals surface area contributed by atoms with Crippen LogP contribution in [0.1, 0.15) is 40.6 Å². The number of hydrogen-bond donors (Lipinski definition) is 2. The number of pyridine rings is 1. The molecule has 4 rings (SSSR count). The minimum atomic E-state index is -0.231. The molecular formula is C24H26N4O3. The van der Waals surface area contributed by atoms with E-state index in [9.17, 15) is 9.59 Å². The monoisotopic (exact) mass is 418 g/mol. The lowest BCUT2D eigenvalue weighted by Gasteiger charge is -2.24. The Kier molecular flexibility index (Phi) is 6.31. The predicted molar refractivity (Wildman–Crippen MR) is 118 cm³/mol. The Morgan fingerprint density at radius 3 is 2.77 bits per heavy atom. The highest BCUT2D eigenvalue weighted by molar-refractivity contribution is 5.95. The van der Waals surface area contributed by atoms with Gasteiger partial charge in [0.2, 0.25) is 5.91 Å². The second-order valence-corrected chi connectivity index (χ2v) is 7.71. The zero-order valence-corrected chi connectivity index (χ0v) is 17.5. The van der Waals surface area contributed by atoms with Crippen molar-refractivity contribution in [3.63, 3.8) is 0 Å². The van der Waals surface area contributed by atoms with Crippen LogP contribution in [0.2, 0.25) is 0 Å². The predicted octanol–water partition coefficient (Wildman–Crippen LogP) is 3.06. The van der Waals surface area contributed by atoms with Gasteiger partial charge in [0, 0.05) is 43.6 Å². The minimum absolute atomic E-state index is 0.118. The van der Waals surface area contributed by atoms with Crippen LogP contribution in [-0.2, 0) is 24.3 Å². The van der Waals surface area contributed by atoms with Gasteiger partial charge in [-0.3, -0.25) is 14.6 Å². The highest BCUT2D eigenvalue weighted by atomic mass is 16.3. The summed E-state index contributed by atoms with van der Waals surface area (Å²) in [4.78, 5) is 30.9. The molecule has 160 valence electrons. The Morgan fingerprint density at radius 2 is 1.94 bits per heavy atom. The van der Waals surface area contributed by atoms with Crippen molar-refractivity contribution in [3.05, 3.63) is 83.6 Å². The number of carbonyl (C=O) groups excluding carboxylic acids is 2. The van der Waals surface area contributed by atoms with Crippen LogP contribution >= 0.6 is 0 Å². The van der Waals surface area contributed by atoms with E-state index in [0.29, 0.717) is 30.5 Å². The average Bonchev–Trinajstić information content (AvgIpc) is 3.37. The first kappa shape index (κ1) is 20.7. The number of anilines is 1. The summed E-state index contributed by atoms with van der Waals surface area (Å²) in [5.41, 5.74) is 3.98. The highest BCUT2D eigenvalue weighted by Gasteiger charge is 2.27. The molecule has 0 saturated heterocycles. The van der Waals surface area contributed by atoms with Gasteiger partial charge >= 0.3 is 0 Å². The lowest BCUT2D eigenvalue weighted by Crippen LogP contribution is -2.32. The first-order valence-corrected chi connectivity index (χ1v) is 10.5. The zero-order valence-electron chi connectivity index (χ0n) is 17.5. The molecule has 1 aliphatic rings. The molecule has 0 fully saturated rings. The average molecular weight is 418 g/mol. The lowest BCUT2D eigenvalue weighted by molar-refractivity contribution is -0.121. The lowest BCUT2D eigenvalue weighted by atomic mass is 10.1. The summed E-state index contributed by atoms with van der Waals surface area (Å²) in [5, 5.41) is 5.66. The van der Waals surface area contributed by atoms with Crippen molar-refractivity contribution in [2.24, 2.45) is 0 Å². The molecule has 3 heterocycles. The number of nitrogens with zero attached hydrogens (tertiary/aromatic N) is 2. The third-order valence-electron chi connectivity index (χ3n) is 5.53. The Hall–Kier alpha value is -3.61. The molecule has 0 spiro atoms. The quantitative estimate of drug-likeness (QED) is 0.587. The van der Waals surface area contributed by atoms with Crippen LogP contribution in [-0.4, -0.2) is 29.4 Å². The van der Waals surface area contributed by atoms with Gasteiger partial charge in [0.1, 0.15) is 5.76 Å². The summed E-state index contributed by atoms with van der Waals surface area (Å²) in [5.74, 6) is 0.279. The van der Waals surface area contributed by atoms with E-state index in [1.807, 2.05) is 24.3 Å². The van der Waals surface area contributed by atoms with E-state index >= 15 is 0 Å². The second-order valence-electron chi connectivity index (χ2n) is 7.71. The van der Waals surface area contributed by atoms with Crippen LogP contribution in [0.3, 0.4) is 0 Å². The van der Waals surface area contributed by atoms with Crippen LogP contribution in [0, 0.1) is 0 Å². The van der Waals surface area contributed by atoms with Crippen LogP contribution in [0.4, 0.5) is 5.69 Å². The minimum Gasteiger partial charge on any atom is -0.467 e. The summed E-state index contributed by atoms with van der Waals surface area (Å²) in [6, 6.07) is 14.0. The van der Waals surface area contributed by atoms with Crippen molar-refractivity contribution in [2.45, 2.75) is 38.9 Å². The molecule has 7 heteroatoms. The van der Waals surface area contributed by atoms with Gasteiger partial charge in [-0.25, -0.2) is 0 Å². The Bertz CT molecular complexity index is 1050. The molecule has 2 aromatic heterocycles. The van der Waals surface area contributed by atoms with Crippen LogP contribution in [0.5, 0.6) is 0 Å². The van der Waals surface area contributed by atoms with Crippen LogP contribution < -0.4 is 15.5 Å². The molecule has 0 radical (unpaired) electrons. The summed E-state index contributed by atoms with van der Waals surface area (Å²) in [6.45, 7) is 3.40. The van der Waals surface area contributed by atoms with Crippen molar-refractivity contribution < 1.29 is 14.0 Å². The SMILES string of the molecule is CC1Cc2ccccc2N1Cc1occc1C(=O)NCCC(=O)NCc1ccncc1. The van der Waals surface area contributed by atoms with E-state index in [2.05, 4.69) is 39.6 Å². The molecule has 7 nitrogen and oxygen atoms in total. The number of hydrogen-bond acceptors (Lipinski definition) is 5. The van der Waals surface area contributed by atoms with Gasteiger partial charge in [-0.1, -0.05) is 18.2 Å². The standard InChI is InChI=1S/C24H26N4O3/c1-17-14-19-4-2-3-5-21(19)28(17)16-22-20(9-13-31-22)24(30)26-12-8-23(29)27-15-18-6-10-25-11-7-18/h2-7,9-11,13,17H,8,12,14-16H2,1H3,(H,26,30)(H,27,29). The van der Waals surface area contributed by atoms with Crippen molar-refractivity contribution in [3.8, 4) is 0 Å². The maximum absolute atomic E-state index is 12.7. The molecule has 1 atom stereocenters. The fraction of sp³-hybridized carbons (Fsp3) is 0.292. The molecule has 0 saturated carbocycles. The van der Waals surface area contributed by atoms with Gasteiger partial charge < -0.3 is 20.0 Å². The van der Waals surface area contributed by atoms with E-state index in [0.717, 1.165) is 12.0 Å². The topological polar surface area (TPSA) is 87.5 Å². The van der Waals surface area contributed by atoms with Crippen LogP contribution in [0.25, 0.3) is 0 Å². The third kappa shape index (κ3) is 4.94. The van der Waals surface area contributed by atoms with Gasteiger partial charge in [-0.2, -0.15) is 0 Å². The number of fused-ring (bicyclic) bond motifs is 1. The van der Waals surface area contributed by atoms with E-state index in [4.69, 9.17) is 4.42 Å². The molecule has 2 amide bonds. The van der Waals surface area contributed by atoms with Gasteiger partial charge in [0.25, 0.3) is 5.91 Å². The Labute approximate surface area is 181 Å². The number of aromatic nitrogens is 1. The molecule has 3 aromatic rings.